The average molecular weight is 347 g/mol. The summed E-state index contributed by atoms with van der Waals surface area (Å²) in [6.45, 7) is 8.53. The topological polar surface area (TPSA) is 75.9 Å². The van der Waals surface area contributed by atoms with Crippen molar-refractivity contribution in [2.24, 2.45) is 0 Å². The van der Waals surface area contributed by atoms with Gasteiger partial charge in [0, 0.05) is 44.4 Å². The molecule has 1 aliphatic heterocycles. The fourth-order valence-corrected chi connectivity index (χ4v) is 3.55. The van der Waals surface area contributed by atoms with Crippen LogP contribution in [0.4, 0.5) is 10.5 Å². The average Bonchev–Trinajstić information content (AvgIpc) is 2.96. The molecule has 3 rings (SSSR count). The molecular formula is C18H25N3O4. The smallest absolute Gasteiger partial charge is 0.410 e. The lowest BCUT2D eigenvalue weighted by molar-refractivity contribution is -0.384. The largest absolute Gasteiger partial charge is 0.444 e. The van der Waals surface area contributed by atoms with Crippen molar-refractivity contribution in [3.8, 4) is 0 Å². The number of fused-ring (bicyclic) bond motifs is 1. The Morgan fingerprint density at radius 1 is 1.16 bits per heavy atom. The van der Waals surface area contributed by atoms with E-state index in [0.29, 0.717) is 19.1 Å². The summed E-state index contributed by atoms with van der Waals surface area (Å²) in [6, 6.07) is 5.52. The third kappa shape index (κ3) is 4.10. The van der Waals surface area contributed by atoms with Gasteiger partial charge in [-0.25, -0.2) is 4.79 Å². The summed E-state index contributed by atoms with van der Waals surface area (Å²) in [4.78, 5) is 26.9. The maximum atomic E-state index is 12.1. The van der Waals surface area contributed by atoms with Gasteiger partial charge in [0.1, 0.15) is 5.60 Å². The van der Waals surface area contributed by atoms with Crippen LogP contribution in [0.2, 0.25) is 0 Å². The molecule has 1 fully saturated rings. The Balaban J connectivity index is 1.56. The molecule has 25 heavy (non-hydrogen) atoms. The summed E-state index contributed by atoms with van der Waals surface area (Å²) in [5.41, 5.74) is 1.96. The van der Waals surface area contributed by atoms with Gasteiger partial charge in [0.05, 0.1) is 4.92 Å². The van der Waals surface area contributed by atoms with Crippen LogP contribution in [0.3, 0.4) is 0 Å². The molecule has 1 aromatic carbocycles. The Bertz CT molecular complexity index is 675. The fraction of sp³-hybridized carbons (Fsp3) is 0.611. The van der Waals surface area contributed by atoms with E-state index in [4.69, 9.17) is 4.74 Å². The number of amides is 1. The molecule has 0 bridgehead atoms. The maximum absolute atomic E-state index is 12.1. The van der Waals surface area contributed by atoms with E-state index in [1.807, 2.05) is 26.8 Å². The van der Waals surface area contributed by atoms with Gasteiger partial charge >= 0.3 is 6.09 Å². The number of ether oxygens (including phenoxy) is 1. The second-order valence-corrected chi connectivity index (χ2v) is 7.78. The first-order valence-corrected chi connectivity index (χ1v) is 8.71. The third-order valence-electron chi connectivity index (χ3n) is 4.79. The molecule has 136 valence electrons. The van der Waals surface area contributed by atoms with Gasteiger partial charge in [0.2, 0.25) is 0 Å². The summed E-state index contributed by atoms with van der Waals surface area (Å²) in [5, 5.41) is 10.9. The monoisotopic (exact) mass is 347 g/mol. The number of hydrogen-bond acceptors (Lipinski definition) is 5. The highest BCUT2D eigenvalue weighted by atomic mass is 16.6. The van der Waals surface area contributed by atoms with E-state index in [2.05, 4.69) is 4.90 Å². The Hall–Kier alpha value is -2.15. The van der Waals surface area contributed by atoms with Gasteiger partial charge in [-0.3, -0.25) is 15.0 Å². The van der Waals surface area contributed by atoms with E-state index in [0.717, 1.165) is 31.5 Å². The first kappa shape index (κ1) is 17.7. The Morgan fingerprint density at radius 2 is 1.80 bits per heavy atom. The van der Waals surface area contributed by atoms with Crippen LogP contribution in [-0.2, 0) is 17.6 Å². The van der Waals surface area contributed by atoms with Crippen molar-refractivity contribution in [1.29, 1.82) is 0 Å². The van der Waals surface area contributed by atoms with Gasteiger partial charge < -0.3 is 9.64 Å². The third-order valence-corrected chi connectivity index (χ3v) is 4.79. The van der Waals surface area contributed by atoms with Crippen LogP contribution in [0.1, 0.15) is 31.9 Å². The predicted octanol–water partition coefficient (Wildman–Crippen LogP) is 2.61. The van der Waals surface area contributed by atoms with Crippen LogP contribution in [0.15, 0.2) is 18.2 Å². The lowest BCUT2D eigenvalue weighted by atomic mass is 10.1. The van der Waals surface area contributed by atoms with Crippen molar-refractivity contribution in [3.05, 3.63) is 39.4 Å². The normalized spacial score (nSPS) is 21.1. The molecule has 1 heterocycles. The minimum atomic E-state index is -0.476. The second-order valence-electron chi connectivity index (χ2n) is 7.78. The zero-order chi connectivity index (χ0) is 18.2. The van der Waals surface area contributed by atoms with Gasteiger partial charge in [-0.2, -0.15) is 0 Å². The summed E-state index contributed by atoms with van der Waals surface area (Å²) < 4.78 is 5.43. The zero-order valence-electron chi connectivity index (χ0n) is 15.0. The van der Waals surface area contributed by atoms with Crippen molar-refractivity contribution in [1.82, 2.24) is 9.80 Å². The van der Waals surface area contributed by atoms with E-state index < -0.39 is 5.60 Å². The minimum absolute atomic E-state index is 0.161. The SMILES string of the molecule is CC(C)(C)OC(=O)N1CCN([C@@H]2Cc3ccc([N+](=O)[O-])cc3C2)CC1. The van der Waals surface area contributed by atoms with Crippen LogP contribution < -0.4 is 0 Å². The molecule has 1 aromatic rings. The molecule has 0 unspecified atom stereocenters. The first-order chi connectivity index (χ1) is 11.7. The molecule has 0 aromatic heterocycles. The molecule has 0 radical (unpaired) electrons. The number of piperazine rings is 1. The summed E-state index contributed by atoms with van der Waals surface area (Å²) in [5.74, 6) is 0. The van der Waals surface area contributed by atoms with Gasteiger partial charge in [-0.05, 0) is 44.7 Å². The first-order valence-electron chi connectivity index (χ1n) is 8.71. The summed E-state index contributed by atoms with van der Waals surface area (Å²) >= 11 is 0. The number of nitrogens with zero attached hydrogens (tertiary/aromatic N) is 3. The quantitative estimate of drug-likeness (QED) is 0.607. The van der Waals surface area contributed by atoms with Gasteiger partial charge in [0.25, 0.3) is 5.69 Å². The number of nitro benzene ring substituents is 1. The lowest BCUT2D eigenvalue weighted by Gasteiger charge is -2.38. The van der Waals surface area contributed by atoms with Crippen LogP contribution in [-0.4, -0.2) is 58.6 Å². The number of carbonyl (C=O) groups is 1. The molecule has 7 nitrogen and oxygen atoms in total. The number of carbonyl (C=O) groups excluding carboxylic acids is 1. The molecule has 0 spiro atoms. The van der Waals surface area contributed by atoms with E-state index >= 15 is 0 Å². The van der Waals surface area contributed by atoms with E-state index in [9.17, 15) is 14.9 Å². The van der Waals surface area contributed by atoms with Crippen molar-refractivity contribution >= 4 is 11.8 Å². The van der Waals surface area contributed by atoms with E-state index in [1.54, 1.807) is 17.0 Å². The molecule has 0 saturated carbocycles. The second kappa shape index (κ2) is 6.63. The summed E-state index contributed by atoms with van der Waals surface area (Å²) in [7, 11) is 0. The molecule has 7 heteroatoms. The molecule has 1 saturated heterocycles. The number of nitro groups is 1. The van der Waals surface area contributed by atoms with Crippen molar-refractivity contribution in [2.75, 3.05) is 26.2 Å². The predicted molar refractivity (Wildman–Crippen MR) is 93.7 cm³/mol. The van der Waals surface area contributed by atoms with Crippen LogP contribution in [0, 0.1) is 10.1 Å². The molecule has 1 amide bonds. The van der Waals surface area contributed by atoms with Gasteiger partial charge in [-0.15, -0.1) is 0 Å². The molecule has 1 aliphatic carbocycles. The Labute approximate surface area is 147 Å². The highest BCUT2D eigenvalue weighted by molar-refractivity contribution is 5.68. The minimum Gasteiger partial charge on any atom is -0.444 e. The zero-order valence-corrected chi connectivity index (χ0v) is 15.0. The van der Waals surface area contributed by atoms with Crippen LogP contribution in [0.25, 0.3) is 0 Å². The van der Waals surface area contributed by atoms with Crippen LogP contribution >= 0.6 is 0 Å². The number of benzene rings is 1. The molecule has 1 atom stereocenters. The maximum Gasteiger partial charge on any atom is 0.410 e. The highest BCUT2D eigenvalue weighted by Crippen LogP contribution is 2.29. The van der Waals surface area contributed by atoms with Crippen molar-refractivity contribution in [2.45, 2.75) is 45.3 Å². The van der Waals surface area contributed by atoms with Gasteiger partial charge in [0.15, 0.2) is 0 Å². The van der Waals surface area contributed by atoms with Crippen LogP contribution in [0.5, 0.6) is 0 Å². The van der Waals surface area contributed by atoms with E-state index in [1.165, 1.54) is 5.56 Å². The fourth-order valence-electron chi connectivity index (χ4n) is 3.55. The molecule has 2 aliphatic rings. The number of rotatable bonds is 2. The molecular weight excluding hydrogens is 322 g/mol. The summed E-state index contributed by atoms with van der Waals surface area (Å²) in [6.07, 6.45) is 1.50. The molecule has 0 N–H and O–H groups in total. The standard InChI is InChI=1S/C18H25N3O4/c1-18(2,3)25-17(22)20-8-6-19(7-9-20)16-10-13-4-5-15(21(23)24)11-14(13)12-16/h4-5,11,16H,6-10,12H2,1-3H3/t16-/m1/s1. The Morgan fingerprint density at radius 3 is 2.40 bits per heavy atom. The van der Waals surface area contributed by atoms with Crippen molar-refractivity contribution < 1.29 is 14.5 Å². The van der Waals surface area contributed by atoms with Crippen molar-refractivity contribution in [3.63, 3.8) is 0 Å². The lowest BCUT2D eigenvalue weighted by Crippen LogP contribution is -2.53. The number of hydrogen-bond donors (Lipinski definition) is 0. The highest BCUT2D eigenvalue weighted by Gasteiger charge is 2.32. The Kier molecular flexibility index (Phi) is 4.69. The van der Waals surface area contributed by atoms with Gasteiger partial charge in [-0.1, -0.05) is 6.07 Å². The number of non-ortho nitro benzene ring substituents is 1. The van der Waals surface area contributed by atoms with E-state index in [-0.39, 0.29) is 16.7 Å².